The third-order valence-electron chi connectivity index (χ3n) is 17.5. The predicted molar refractivity (Wildman–Crippen MR) is 421 cm³/mol. The van der Waals surface area contributed by atoms with E-state index in [2.05, 4.69) is 42.5 Å². The van der Waals surface area contributed by atoms with Crippen LogP contribution in [0.3, 0.4) is 0 Å². The van der Waals surface area contributed by atoms with E-state index in [4.69, 9.17) is 4.74 Å². The molecule has 9 N–H and O–H groups in total. The van der Waals surface area contributed by atoms with E-state index in [1.165, 1.54) is 109 Å². The Balaban J connectivity index is 1.91. The van der Waals surface area contributed by atoms with Crippen molar-refractivity contribution in [2.24, 2.45) is 11.8 Å². The van der Waals surface area contributed by atoms with Gasteiger partial charge in [-0.3, -0.25) is 52.7 Å². The maximum Gasteiger partial charge on any atom is 0.405 e. The molecule has 3 aromatic rings. The molecule has 3 unspecified atom stereocenters. The number of likely N-dealkylation sites (N-methyl/N-ethyl adjacent to an activating group) is 4. The Labute approximate surface area is 646 Å². The summed E-state index contributed by atoms with van der Waals surface area (Å²) in [6.07, 6.45) is -3.02. The number of nitrogens with zero attached hydrogens (tertiary/aromatic N) is 4. The summed E-state index contributed by atoms with van der Waals surface area (Å²) in [5.41, 5.74) is 1.80. The Hall–Kier alpha value is -8.03. The Bertz CT molecular complexity index is 3480. The average Bonchev–Trinajstić information content (AvgIpc) is 0.830. The van der Waals surface area contributed by atoms with Crippen molar-refractivity contribution in [3.05, 3.63) is 108 Å². The maximum atomic E-state index is 15.3. The van der Waals surface area contributed by atoms with Gasteiger partial charge < -0.3 is 72.0 Å². The molecule has 0 radical (unpaired) electrons. The Morgan fingerprint density at radius 1 is 0.486 bits per heavy atom. The number of unbranched alkanes of at least 4 members (excludes halogenated alkanes) is 1. The number of ether oxygens (including phenoxy) is 1. The SMILES string of the molecule is CC(C)C[C@@H]1NC(=O)C(CCCCNC(=O)[C@H](CSSC(C)(C)C)NC(=O)O)NC(=O)[C@H](Cc2ccccc2)NC(=O)C(CSSC(C)(C)C)OC(=O)[C@H](Cc2ccccc2)NC(=O)[C@H](C)NC(=O)[C@H](C)N(C)C(=O)[C@H](Cc2ccccc2)N(C)C(=O)[C@H](C)NC(=O)[C@H](CC(C)C)N(C)C(=O)C(C)N(C)C1=O. The Morgan fingerprint density at radius 3 is 1.49 bits per heavy atom. The van der Waals surface area contributed by atoms with Gasteiger partial charge in [0, 0.05) is 69.2 Å². The van der Waals surface area contributed by atoms with Crippen molar-refractivity contribution in [2.45, 2.75) is 230 Å². The van der Waals surface area contributed by atoms with Gasteiger partial charge in [0.15, 0.2) is 6.10 Å². The van der Waals surface area contributed by atoms with Crippen molar-refractivity contribution in [2.75, 3.05) is 46.2 Å². The highest BCUT2D eigenvalue weighted by Gasteiger charge is 2.41. The van der Waals surface area contributed by atoms with Crippen LogP contribution in [-0.2, 0) is 81.5 Å². The van der Waals surface area contributed by atoms with E-state index in [1.807, 2.05) is 69.2 Å². The smallest absolute Gasteiger partial charge is 0.405 e. The van der Waals surface area contributed by atoms with E-state index in [-0.39, 0.29) is 90.7 Å². The van der Waals surface area contributed by atoms with Crippen molar-refractivity contribution in [1.82, 2.24) is 62.1 Å². The summed E-state index contributed by atoms with van der Waals surface area (Å²) >= 11 is 0. The fourth-order valence-corrected chi connectivity index (χ4v) is 16.1. The zero-order valence-electron chi connectivity index (χ0n) is 65.1. The van der Waals surface area contributed by atoms with Crippen molar-refractivity contribution >= 4 is 120 Å². The first-order valence-electron chi connectivity index (χ1n) is 36.2. The van der Waals surface area contributed by atoms with Gasteiger partial charge in [-0.05, 0) is 88.3 Å². The van der Waals surface area contributed by atoms with Crippen LogP contribution in [0.1, 0.15) is 146 Å². The molecule has 1 saturated heterocycles. The van der Waals surface area contributed by atoms with Crippen LogP contribution in [0.5, 0.6) is 0 Å². The molecule has 12 amide bonds. The van der Waals surface area contributed by atoms with Crippen LogP contribution in [0.4, 0.5) is 4.79 Å². The van der Waals surface area contributed by atoms with Gasteiger partial charge in [-0.1, -0.05) is 203 Å². The normalized spacial score (nSPS) is 23.7. The lowest BCUT2D eigenvalue weighted by atomic mass is 9.99. The van der Waals surface area contributed by atoms with Gasteiger partial charge in [0.05, 0.1) is 5.75 Å². The molecule has 31 heteroatoms. The first-order valence-corrected chi connectivity index (χ1v) is 40.8. The van der Waals surface area contributed by atoms with E-state index in [0.717, 1.165) is 9.80 Å². The van der Waals surface area contributed by atoms with Crippen LogP contribution in [-0.4, -0.2) is 230 Å². The number of hydrogen-bond acceptors (Lipinski definition) is 18. The quantitative estimate of drug-likeness (QED) is 0.0285. The standard InChI is InChI=1S/C76H114N12O15S4/c1-45(2)38-56-71(98)86(16)50(8)70(97)87(17)59(39-46(3)4)67(94)79-48(6)69(96)88(18)60(42-53-34-26-21-27-35-53)72(99)85(15)49(7)63(90)78-47(5)62(89)83-57(41-52-32-24-20-25-33-52)73(100)103-61(44-105-107-76(12,13)14)68(95)81-55(40-51-30-22-19-23-31-51)66(93)80-54(65(92)82-56)36-28-29-37-77-64(91)58(84-74(101)102)43-104-106-75(9,10)11/h19-27,30-35,45-50,54-61,84H,28-29,36-44H2,1-18H3,(H,77,91)(H,78,90)(H,79,94)(H,80,93)(H,81,95)(H,82,92)(H,83,89)(H,101,102)/t47-,48-,49-,50?,54?,55-,56-,57-,58-,59-,60-,61?/m0/s1. The largest absolute Gasteiger partial charge is 0.465 e. The second-order valence-corrected chi connectivity index (χ2v) is 36.2. The molecule has 12 atom stereocenters. The van der Waals surface area contributed by atoms with Crippen LogP contribution < -0.4 is 42.5 Å². The summed E-state index contributed by atoms with van der Waals surface area (Å²) in [7, 11) is 11.0. The number of carbonyl (C=O) groups excluding carboxylic acids is 12. The monoisotopic (exact) mass is 1560 g/mol. The maximum absolute atomic E-state index is 15.3. The van der Waals surface area contributed by atoms with Crippen LogP contribution >= 0.6 is 43.2 Å². The summed E-state index contributed by atoms with van der Waals surface area (Å²) < 4.78 is 5.58. The highest BCUT2D eigenvalue weighted by molar-refractivity contribution is 8.77. The molecule has 0 aromatic heterocycles. The lowest BCUT2D eigenvalue weighted by Crippen LogP contribution is -2.60. The number of carboxylic acid groups (broad SMARTS) is 1. The molecular weight excluding hydrogens is 1450 g/mol. The predicted octanol–water partition coefficient (Wildman–Crippen LogP) is 6.31. The number of esters is 1. The lowest BCUT2D eigenvalue weighted by molar-refractivity contribution is -0.157. The summed E-state index contributed by atoms with van der Waals surface area (Å²) in [4.78, 5) is 193. The number of carbonyl (C=O) groups is 13. The van der Waals surface area contributed by atoms with Gasteiger partial charge in [0.2, 0.25) is 59.1 Å². The van der Waals surface area contributed by atoms with Gasteiger partial charge in [-0.25, -0.2) is 9.59 Å². The second-order valence-electron chi connectivity index (χ2n) is 29.9. The number of amides is 12. The third-order valence-corrected chi connectivity index (χ3v) is 24.1. The molecular formula is C76H114N12O15S4. The minimum absolute atomic E-state index is 0.0163. The number of nitrogens with one attached hydrogen (secondary N) is 8. The van der Waals surface area contributed by atoms with Gasteiger partial charge in [-0.2, -0.15) is 0 Å². The number of rotatable bonds is 23. The fraction of sp³-hybridized carbons (Fsp3) is 0.592. The van der Waals surface area contributed by atoms with Crippen LogP contribution in [0.25, 0.3) is 0 Å². The van der Waals surface area contributed by atoms with Crippen LogP contribution in [0.15, 0.2) is 91.0 Å². The van der Waals surface area contributed by atoms with E-state index >= 15 is 19.2 Å². The summed E-state index contributed by atoms with van der Waals surface area (Å²) in [6.45, 7) is 24.8. The van der Waals surface area contributed by atoms with Crippen LogP contribution in [0.2, 0.25) is 0 Å². The highest BCUT2D eigenvalue weighted by Crippen LogP contribution is 2.37. The summed E-state index contributed by atoms with van der Waals surface area (Å²) in [5.74, 6) is -9.88. The average molecular weight is 1560 g/mol. The van der Waals surface area contributed by atoms with Gasteiger partial charge >= 0.3 is 12.1 Å². The molecule has 27 nitrogen and oxygen atoms in total. The lowest BCUT2D eigenvalue weighted by Gasteiger charge is -2.36. The highest BCUT2D eigenvalue weighted by atomic mass is 33.1. The second kappa shape index (κ2) is 43.8. The Kier molecular flexibility index (Phi) is 37.4. The minimum Gasteiger partial charge on any atom is -0.465 e. The first-order chi connectivity index (χ1) is 50.1. The first kappa shape index (κ1) is 91.4. The van der Waals surface area contributed by atoms with Crippen LogP contribution in [0, 0.1) is 11.8 Å². The Morgan fingerprint density at radius 2 is 0.953 bits per heavy atom. The number of benzene rings is 3. The van der Waals surface area contributed by atoms with Crippen molar-refractivity contribution < 1.29 is 72.2 Å². The third kappa shape index (κ3) is 31.2. The molecule has 0 aliphatic carbocycles. The molecule has 1 heterocycles. The molecule has 1 aliphatic rings. The molecule has 0 bridgehead atoms. The molecule has 4 rings (SSSR count). The van der Waals surface area contributed by atoms with E-state index in [1.54, 1.807) is 91.0 Å². The topological polar surface area (TPSA) is 361 Å². The van der Waals surface area contributed by atoms with E-state index < -0.39 is 150 Å². The molecule has 1 aliphatic heterocycles. The molecule has 0 spiro atoms. The molecule has 1 fully saturated rings. The van der Waals surface area contributed by atoms with Gasteiger partial charge in [0.25, 0.3) is 5.91 Å². The van der Waals surface area contributed by atoms with Crippen molar-refractivity contribution in [3.63, 3.8) is 0 Å². The summed E-state index contributed by atoms with van der Waals surface area (Å²) in [5, 5.41) is 31.3. The molecule has 3 aromatic carbocycles. The number of hydrogen-bond donors (Lipinski definition) is 9. The van der Waals surface area contributed by atoms with Crippen molar-refractivity contribution in [3.8, 4) is 0 Å². The summed E-state index contributed by atoms with van der Waals surface area (Å²) in [6, 6.07) is 11.6. The molecule has 592 valence electrons. The zero-order valence-corrected chi connectivity index (χ0v) is 68.4. The molecule has 107 heavy (non-hydrogen) atoms. The van der Waals surface area contributed by atoms with Gasteiger partial charge in [0.1, 0.15) is 66.5 Å². The number of cyclic esters (lactones) is 1. The molecule has 0 saturated carbocycles. The fourth-order valence-electron chi connectivity index (χ4n) is 11.2. The van der Waals surface area contributed by atoms with Crippen molar-refractivity contribution in [1.29, 1.82) is 0 Å². The van der Waals surface area contributed by atoms with E-state index in [0.29, 0.717) is 16.7 Å². The minimum atomic E-state index is -1.64. The van der Waals surface area contributed by atoms with Gasteiger partial charge in [-0.15, -0.1) is 0 Å². The zero-order chi connectivity index (χ0) is 80.2. The van der Waals surface area contributed by atoms with E-state index in [9.17, 15) is 48.3 Å².